The highest BCUT2D eigenvalue weighted by atomic mass is 32.2. The Labute approximate surface area is 154 Å². The molecule has 0 aromatic carbocycles. The average Bonchev–Trinajstić information content (AvgIpc) is 2.69. The Hall–Kier alpha value is -1.34. The van der Waals surface area contributed by atoms with Gasteiger partial charge in [0.25, 0.3) is 0 Å². The van der Waals surface area contributed by atoms with Crippen molar-refractivity contribution < 1.29 is 9.53 Å². The van der Waals surface area contributed by atoms with Crippen LogP contribution in [0, 0.1) is 0 Å². The molecule has 2 aliphatic heterocycles. The minimum absolute atomic E-state index is 0.269. The van der Waals surface area contributed by atoms with Gasteiger partial charge in [-0.3, -0.25) is 4.79 Å². The van der Waals surface area contributed by atoms with E-state index in [4.69, 9.17) is 4.74 Å². The standard InChI is InChI=1S/C18H28N4O2S/c1-2-10-25-13-18(23)22-5-3-4-15(12-22)16-11-17(20-14-19-16)21-6-8-24-9-7-21/h11,14-15H,2-10,12-13H2,1H3/t15-/m0/s1. The fourth-order valence-corrected chi connectivity index (χ4v) is 4.18. The summed E-state index contributed by atoms with van der Waals surface area (Å²) in [5, 5.41) is 0. The molecule has 2 aliphatic rings. The predicted molar refractivity (Wildman–Crippen MR) is 101 cm³/mol. The number of nitrogens with zero attached hydrogens (tertiary/aromatic N) is 4. The van der Waals surface area contributed by atoms with Gasteiger partial charge in [0.1, 0.15) is 12.1 Å². The van der Waals surface area contributed by atoms with E-state index < -0.39 is 0 Å². The van der Waals surface area contributed by atoms with Crippen LogP contribution >= 0.6 is 11.8 Å². The lowest BCUT2D eigenvalue weighted by atomic mass is 9.94. The maximum absolute atomic E-state index is 12.4. The SMILES string of the molecule is CCCSCC(=O)N1CCC[C@H](c2cc(N3CCOCC3)ncn2)C1. The molecule has 0 radical (unpaired) electrons. The number of piperidine rings is 1. The lowest BCUT2D eigenvalue weighted by Gasteiger charge is -2.33. The molecule has 1 atom stereocenters. The van der Waals surface area contributed by atoms with E-state index in [9.17, 15) is 4.79 Å². The first kappa shape index (κ1) is 18.5. The summed E-state index contributed by atoms with van der Waals surface area (Å²) in [7, 11) is 0. The van der Waals surface area contributed by atoms with Gasteiger partial charge in [0.2, 0.25) is 5.91 Å². The molecule has 138 valence electrons. The summed E-state index contributed by atoms with van der Waals surface area (Å²) >= 11 is 1.74. The highest BCUT2D eigenvalue weighted by Gasteiger charge is 2.26. The van der Waals surface area contributed by atoms with Crippen molar-refractivity contribution in [2.75, 3.05) is 55.8 Å². The molecule has 0 aliphatic carbocycles. The van der Waals surface area contributed by atoms with Crippen molar-refractivity contribution in [1.82, 2.24) is 14.9 Å². The minimum Gasteiger partial charge on any atom is -0.378 e. The van der Waals surface area contributed by atoms with Crippen molar-refractivity contribution in [1.29, 1.82) is 0 Å². The van der Waals surface area contributed by atoms with Gasteiger partial charge in [-0.25, -0.2) is 9.97 Å². The molecule has 0 unspecified atom stereocenters. The normalized spacial score (nSPS) is 21.4. The topological polar surface area (TPSA) is 58.6 Å². The van der Waals surface area contributed by atoms with Crippen molar-refractivity contribution in [3.8, 4) is 0 Å². The number of aromatic nitrogens is 2. The predicted octanol–water partition coefficient (Wildman–Crippen LogP) is 2.16. The van der Waals surface area contributed by atoms with Gasteiger partial charge in [0.05, 0.1) is 24.7 Å². The average molecular weight is 365 g/mol. The van der Waals surface area contributed by atoms with E-state index in [2.05, 4.69) is 27.9 Å². The molecule has 2 fully saturated rings. The van der Waals surface area contributed by atoms with Crippen LogP contribution in [0.4, 0.5) is 5.82 Å². The Morgan fingerprint density at radius 1 is 1.32 bits per heavy atom. The first-order valence-electron chi connectivity index (χ1n) is 9.28. The van der Waals surface area contributed by atoms with E-state index in [1.807, 2.05) is 4.90 Å². The number of morpholine rings is 1. The van der Waals surface area contributed by atoms with E-state index >= 15 is 0 Å². The highest BCUT2D eigenvalue weighted by Crippen LogP contribution is 2.27. The molecule has 1 aromatic heterocycles. The third-order valence-corrected chi connectivity index (χ3v) is 5.92. The summed E-state index contributed by atoms with van der Waals surface area (Å²) < 4.78 is 5.42. The van der Waals surface area contributed by atoms with Crippen LogP contribution < -0.4 is 4.90 Å². The second-order valence-electron chi connectivity index (χ2n) is 6.63. The summed E-state index contributed by atoms with van der Waals surface area (Å²) in [6, 6.07) is 2.11. The number of rotatable bonds is 6. The van der Waals surface area contributed by atoms with Crippen molar-refractivity contribution >= 4 is 23.5 Å². The van der Waals surface area contributed by atoms with Gasteiger partial charge < -0.3 is 14.5 Å². The van der Waals surface area contributed by atoms with E-state index in [1.165, 1.54) is 0 Å². The van der Waals surface area contributed by atoms with Crippen LogP contribution in [0.15, 0.2) is 12.4 Å². The zero-order chi connectivity index (χ0) is 17.5. The number of hydrogen-bond donors (Lipinski definition) is 0. The zero-order valence-electron chi connectivity index (χ0n) is 15.0. The minimum atomic E-state index is 0.269. The van der Waals surface area contributed by atoms with Gasteiger partial charge in [-0.2, -0.15) is 11.8 Å². The van der Waals surface area contributed by atoms with Crippen molar-refractivity contribution in [3.05, 3.63) is 18.1 Å². The largest absolute Gasteiger partial charge is 0.378 e. The maximum atomic E-state index is 12.4. The number of ether oxygens (including phenoxy) is 1. The zero-order valence-corrected chi connectivity index (χ0v) is 15.8. The number of amides is 1. The third kappa shape index (κ3) is 5.07. The second-order valence-corrected chi connectivity index (χ2v) is 7.74. The second kappa shape index (κ2) is 9.38. The Balaban J connectivity index is 1.62. The van der Waals surface area contributed by atoms with Crippen LogP contribution in [0.1, 0.15) is 37.8 Å². The number of likely N-dealkylation sites (tertiary alicyclic amines) is 1. The van der Waals surface area contributed by atoms with Crippen molar-refractivity contribution in [2.24, 2.45) is 0 Å². The quantitative estimate of drug-likeness (QED) is 0.721. The Kier molecular flexibility index (Phi) is 6.93. The number of thioether (sulfide) groups is 1. The van der Waals surface area contributed by atoms with Gasteiger partial charge in [0.15, 0.2) is 0 Å². The fourth-order valence-electron chi connectivity index (χ4n) is 3.39. The van der Waals surface area contributed by atoms with E-state index in [-0.39, 0.29) is 5.91 Å². The molecule has 6 nitrogen and oxygen atoms in total. The number of hydrogen-bond acceptors (Lipinski definition) is 6. The molecule has 0 spiro atoms. The van der Waals surface area contributed by atoms with Gasteiger partial charge in [0, 0.05) is 38.2 Å². The van der Waals surface area contributed by atoms with Crippen LogP contribution in [0.3, 0.4) is 0 Å². The van der Waals surface area contributed by atoms with Crippen molar-refractivity contribution in [3.63, 3.8) is 0 Å². The maximum Gasteiger partial charge on any atom is 0.232 e. The molecule has 3 rings (SSSR count). The Bertz CT molecular complexity index is 566. The summed E-state index contributed by atoms with van der Waals surface area (Å²) in [6.07, 6.45) is 4.92. The van der Waals surface area contributed by atoms with Crippen molar-refractivity contribution in [2.45, 2.75) is 32.1 Å². The Morgan fingerprint density at radius 2 is 2.16 bits per heavy atom. The smallest absolute Gasteiger partial charge is 0.232 e. The molecule has 0 saturated carbocycles. The van der Waals surface area contributed by atoms with Gasteiger partial charge in [-0.1, -0.05) is 6.92 Å². The lowest BCUT2D eigenvalue weighted by Crippen LogP contribution is -2.40. The summed E-state index contributed by atoms with van der Waals surface area (Å²) in [4.78, 5) is 25.6. The molecule has 7 heteroatoms. The van der Waals surface area contributed by atoms with E-state index in [0.29, 0.717) is 11.7 Å². The fraction of sp³-hybridized carbons (Fsp3) is 0.722. The van der Waals surface area contributed by atoms with E-state index in [1.54, 1.807) is 18.1 Å². The molecule has 2 saturated heterocycles. The molecular formula is C18H28N4O2S. The summed E-state index contributed by atoms with van der Waals surface area (Å²) in [6.45, 7) is 7.06. The van der Waals surface area contributed by atoms with Crippen LogP contribution in [0.2, 0.25) is 0 Å². The molecule has 3 heterocycles. The van der Waals surface area contributed by atoms with Crippen LogP contribution in [0.5, 0.6) is 0 Å². The molecule has 1 amide bonds. The number of anilines is 1. The molecule has 0 bridgehead atoms. The summed E-state index contributed by atoms with van der Waals surface area (Å²) in [5.74, 6) is 3.22. The first-order chi connectivity index (χ1) is 12.3. The molecule has 0 N–H and O–H groups in total. The van der Waals surface area contributed by atoms with Crippen LogP contribution in [0.25, 0.3) is 0 Å². The lowest BCUT2D eigenvalue weighted by molar-refractivity contribution is -0.129. The van der Waals surface area contributed by atoms with Gasteiger partial charge in [-0.05, 0) is 25.0 Å². The van der Waals surface area contributed by atoms with Crippen LogP contribution in [-0.2, 0) is 9.53 Å². The monoisotopic (exact) mass is 364 g/mol. The molecule has 25 heavy (non-hydrogen) atoms. The third-order valence-electron chi connectivity index (χ3n) is 4.78. The summed E-state index contributed by atoms with van der Waals surface area (Å²) in [5.41, 5.74) is 1.07. The number of carbonyl (C=O) groups is 1. The number of carbonyl (C=O) groups excluding carboxylic acids is 1. The van der Waals surface area contributed by atoms with Gasteiger partial charge >= 0.3 is 0 Å². The molecular weight excluding hydrogens is 336 g/mol. The van der Waals surface area contributed by atoms with Gasteiger partial charge in [-0.15, -0.1) is 0 Å². The van der Waals surface area contributed by atoms with E-state index in [0.717, 1.165) is 75.9 Å². The Morgan fingerprint density at radius 3 is 2.96 bits per heavy atom. The first-order valence-corrected chi connectivity index (χ1v) is 10.4. The van der Waals surface area contributed by atoms with Crippen LogP contribution in [-0.4, -0.2) is 71.7 Å². The highest BCUT2D eigenvalue weighted by molar-refractivity contribution is 7.99. The molecule has 1 aromatic rings.